The SMILES string of the molecule is C[C@H](NC(=O)c1ccccn1)C(=O)N1CCc2ccc(-c3ccc(C(F)(F)F)cc3)cc2C1. The number of carbonyl (C=O) groups excluding carboxylic acids is 2. The van der Waals surface area contributed by atoms with E-state index >= 15 is 0 Å². The van der Waals surface area contributed by atoms with Gasteiger partial charge in [-0.15, -0.1) is 0 Å². The molecule has 0 radical (unpaired) electrons. The van der Waals surface area contributed by atoms with Crippen LogP contribution in [-0.4, -0.2) is 34.3 Å². The second-order valence-corrected chi connectivity index (χ2v) is 7.98. The predicted octanol–water partition coefficient (Wildman–Crippen LogP) is 4.47. The molecule has 0 bridgehead atoms. The summed E-state index contributed by atoms with van der Waals surface area (Å²) >= 11 is 0. The van der Waals surface area contributed by atoms with E-state index in [1.807, 2.05) is 18.2 Å². The molecule has 1 aliphatic heterocycles. The summed E-state index contributed by atoms with van der Waals surface area (Å²) in [5.41, 5.74) is 3.04. The first-order valence-corrected chi connectivity index (χ1v) is 10.5. The highest BCUT2D eigenvalue weighted by molar-refractivity contribution is 5.96. The Balaban J connectivity index is 1.46. The molecule has 4 rings (SSSR count). The standard InChI is InChI=1S/C25H22F3N3O2/c1-16(30-23(32)22-4-2-3-12-29-22)24(33)31-13-11-18-5-6-19(14-20(18)15-31)17-7-9-21(10-8-17)25(26,27)28/h2-10,12,14,16H,11,13,15H2,1H3,(H,30,32)/t16-/m0/s1. The molecule has 8 heteroatoms. The van der Waals surface area contributed by atoms with Gasteiger partial charge >= 0.3 is 6.18 Å². The van der Waals surface area contributed by atoms with E-state index in [1.165, 1.54) is 18.3 Å². The maximum atomic E-state index is 12.9. The number of halogens is 3. The van der Waals surface area contributed by atoms with Gasteiger partial charge in [0.1, 0.15) is 11.7 Å². The van der Waals surface area contributed by atoms with Crippen LogP contribution in [0.2, 0.25) is 0 Å². The summed E-state index contributed by atoms with van der Waals surface area (Å²) in [6.07, 6.45) is -2.20. The average Bonchev–Trinajstić information content (AvgIpc) is 2.83. The van der Waals surface area contributed by atoms with Crippen molar-refractivity contribution in [2.75, 3.05) is 6.54 Å². The molecule has 1 N–H and O–H groups in total. The Morgan fingerprint density at radius 3 is 2.39 bits per heavy atom. The Morgan fingerprint density at radius 1 is 1.00 bits per heavy atom. The fourth-order valence-corrected chi connectivity index (χ4v) is 3.88. The number of hydrogen-bond acceptors (Lipinski definition) is 3. The van der Waals surface area contributed by atoms with Crippen molar-refractivity contribution in [3.05, 3.63) is 89.2 Å². The minimum atomic E-state index is -4.38. The van der Waals surface area contributed by atoms with Crippen molar-refractivity contribution in [1.82, 2.24) is 15.2 Å². The zero-order valence-corrected chi connectivity index (χ0v) is 17.9. The van der Waals surface area contributed by atoms with Crippen LogP contribution < -0.4 is 5.32 Å². The third-order valence-electron chi connectivity index (χ3n) is 5.69. The number of pyridine rings is 1. The summed E-state index contributed by atoms with van der Waals surface area (Å²) in [7, 11) is 0. The molecule has 0 unspecified atom stereocenters. The van der Waals surface area contributed by atoms with Gasteiger partial charge in [0.05, 0.1) is 5.56 Å². The van der Waals surface area contributed by atoms with Crippen LogP contribution in [0.3, 0.4) is 0 Å². The number of amides is 2. The Kier molecular flexibility index (Phi) is 6.18. The summed E-state index contributed by atoms with van der Waals surface area (Å²) in [4.78, 5) is 30.9. The fraction of sp³-hybridized carbons (Fsp3) is 0.240. The summed E-state index contributed by atoms with van der Waals surface area (Å²) in [6, 6.07) is 15.0. The van der Waals surface area contributed by atoms with Gasteiger partial charge in [-0.05, 0) is 65.9 Å². The predicted molar refractivity (Wildman–Crippen MR) is 117 cm³/mol. The monoisotopic (exact) mass is 453 g/mol. The molecule has 33 heavy (non-hydrogen) atoms. The third kappa shape index (κ3) is 5.05. The van der Waals surface area contributed by atoms with Crippen molar-refractivity contribution in [3.8, 4) is 11.1 Å². The van der Waals surface area contributed by atoms with Crippen LogP contribution >= 0.6 is 0 Å². The lowest BCUT2D eigenvalue weighted by atomic mass is 9.94. The summed E-state index contributed by atoms with van der Waals surface area (Å²) in [5, 5.41) is 2.69. The van der Waals surface area contributed by atoms with Gasteiger partial charge in [-0.25, -0.2) is 0 Å². The molecule has 0 spiro atoms. The van der Waals surface area contributed by atoms with Crippen molar-refractivity contribution in [3.63, 3.8) is 0 Å². The molecule has 2 heterocycles. The molecule has 5 nitrogen and oxygen atoms in total. The molecular formula is C25H22F3N3O2. The smallest absolute Gasteiger partial charge is 0.339 e. The maximum Gasteiger partial charge on any atom is 0.416 e. The zero-order chi connectivity index (χ0) is 23.6. The zero-order valence-electron chi connectivity index (χ0n) is 17.9. The lowest BCUT2D eigenvalue weighted by Gasteiger charge is -2.31. The molecule has 0 fully saturated rings. The number of alkyl halides is 3. The topological polar surface area (TPSA) is 62.3 Å². The molecule has 1 atom stereocenters. The molecule has 2 aromatic carbocycles. The second-order valence-electron chi connectivity index (χ2n) is 7.98. The molecule has 0 saturated carbocycles. The minimum Gasteiger partial charge on any atom is -0.339 e. The number of carbonyl (C=O) groups is 2. The van der Waals surface area contributed by atoms with Crippen LogP contribution in [0, 0.1) is 0 Å². The molecule has 0 aliphatic carbocycles. The quantitative estimate of drug-likeness (QED) is 0.634. The van der Waals surface area contributed by atoms with E-state index in [4.69, 9.17) is 0 Å². The number of nitrogens with zero attached hydrogens (tertiary/aromatic N) is 2. The van der Waals surface area contributed by atoms with Crippen molar-refractivity contribution in [1.29, 1.82) is 0 Å². The first-order chi connectivity index (χ1) is 15.7. The molecule has 1 aromatic heterocycles. The number of nitrogens with one attached hydrogen (secondary N) is 1. The van der Waals surface area contributed by atoms with Gasteiger partial charge in [0, 0.05) is 19.3 Å². The van der Waals surface area contributed by atoms with Gasteiger partial charge in [0.2, 0.25) is 5.91 Å². The van der Waals surface area contributed by atoms with Crippen molar-refractivity contribution in [2.45, 2.75) is 32.1 Å². The lowest BCUT2D eigenvalue weighted by molar-refractivity contribution is -0.137. The molecule has 1 aliphatic rings. The minimum absolute atomic E-state index is 0.204. The van der Waals surface area contributed by atoms with Gasteiger partial charge in [0.25, 0.3) is 5.91 Å². The fourth-order valence-electron chi connectivity index (χ4n) is 3.88. The lowest BCUT2D eigenvalue weighted by Crippen LogP contribution is -2.48. The van der Waals surface area contributed by atoms with E-state index in [1.54, 1.807) is 30.0 Å². The van der Waals surface area contributed by atoms with E-state index in [0.29, 0.717) is 25.1 Å². The number of fused-ring (bicyclic) bond motifs is 1. The highest BCUT2D eigenvalue weighted by Gasteiger charge is 2.30. The van der Waals surface area contributed by atoms with E-state index in [-0.39, 0.29) is 11.6 Å². The van der Waals surface area contributed by atoms with Crippen LogP contribution in [0.25, 0.3) is 11.1 Å². The Bertz CT molecular complexity index is 1160. The van der Waals surface area contributed by atoms with Gasteiger partial charge in [-0.1, -0.05) is 30.3 Å². The van der Waals surface area contributed by atoms with E-state index in [2.05, 4.69) is 10.3 Å². The van der Waals surface area contributed by atoms with Crippen LogP contribution in [0.5, 0.6) is 0 Å². The van der Waals surface area contributed by atoms with E-state index in [9.17, 15) is 22.8 Å². The molecule has 0 saturated heterocycles. The first kappa shape index (κ1) is 22.5. The summed E-state index contributed by atoms with van der Waals surface area (Å²) in [6.45, 7) is 2.53. The largest absolute Gasteiger partial charge is 0.416 e. The number of aromatic nitrogens is 1. The second kappa shape index (κ2) is 9.05. The van der Waals surface area contributed by atoms with Crippen LogP contribution in [0.1, 0.15) is 34.1 Å². The first-order valence-electron chi connectivity index (χ1n) is 10.5. The van der Waals surface area contributed by atoms with Gasteiger partial charge in [-0.3, -0.25) is 14.6 Å². The molecular weight excluding hydrogens is 431 g/mol. The van der Waals surface area contributed by atoms with Gasteiger partial charge in [-0.2, -0.15) is 13.2 Å². The summed E-state index contributed by atoms with van der Waals surface area (Å²) in [5.74, 6) is -0.622. The molecule has 2 amide bonds. The normalized spacial score (nSPS) is 14.4. The Hall–Kier alpha value is -3.68. The number of hydrogen-bond donors (Lipinski definition) is 1. The van der Waals surface area contributed by atoms with Crippen LogP contribution in [0.4, 0.5) is 13.2 Å². The van der Waals surface area contributed by atoms with Crippen LogP contribution in [0.15, 0.2) is 66.9 Å². The van der Waals surface area contributed by atoms with Crippen molar-refractivity contribution < 1.29 is 22.8 Å². The third-order valence-corrected chi connectivity index (χ3v) is 5.69. The molecule has 170 valence electrons. The average molecular weight is 453 g/mol. The Labute approximate surface area is 189 Å². The highest BCUT2D eigenvalue weighted by atomic mass is 19.4. The highest BCUT2D eigenvalue weighted by Crippen LogP contribution is 2.32. The van der Waals surface area contributed by atoms with Gasteiger partial charge < -0.3 is 10.2 Å². The number of benzene rings is 2. The number of rotatable bonds is 4. The van der Waals surface area contributed by atoms with E-state index in [0.717, 1.165) is 28.8 Å². The van der Waals surface area contributed by atoms with Crippen LogP contribution in [-0.2, 0) is 23.9 Å². The Morgan fingerprint density at radius 2 is 1.73 bits per heavy atom. The van der Waals surface area contributed by atoms with Gasteiger partial charge in [0.15, 0.2) is 0 Å². The summed E-state index contributed by atoms with van der Waals surface area (Å²) < 4.78 is 38.5. The van der Waals surface area contributed by atoms with E-state index < -0.39 is 23.7 Å². The van der Waals surface area contributed by atoms with Crippen molar-refractivity contribution >= 4 is 11.8 Å². The maximum absolute atomic E-state index is 12.9. The van der Waals surface area contributed by atoms with Crippen molar-refractivity contribution in [2.24, 2.45) is 0 Å². The molecule has 3 aromatic rings.